The van der Waals surface area contributed by atoms with Crippen LogP contribution in [0.1, 0.15) is 44.7 Å². The second kappa shape index (κ2) is 11.7. The topological polar surface area (TPSA) is 128 Å². The molecule has 34 heavy (non-hydrogen) atoms. The van der Waals surface area contributed by atoms with E-state index in [9.17, 15) is 24.0 Å². The summed E-state index contributed by atoms with van der Waals surface area (Å²) < 4.78 is 0. The van der Waals surface area contributed by atoms with Crippen LogP contribution in [-0.4, -0.2) is 84.0 Å². The normalized spacial score (nSPS) is 19.3. The largest absolute Gasteiger partial charge is 0.352 e. The molecule has 0 aromatic heterocycles. The monoisotopic (exact) mass is 471 g/mol. The highest BCUT2D eigenvalue weighted by atomic mass is 16.2. The Bertz CT molecular complexity index is 916. The summed E-state index contributed by atoms with van der Waals surface area (Å²) in [5.41, 5.74) is 0.501. The molecule has 0 aliphatic carbocycles. The number of rotatable bonds is 10. The first-order chi connectivity index (χ1) is 16.3. The summed E-state index contributed by atoms with van der Waals surface area (Å²) >= 11 is 0. The van der Waals surface area contributed by atoms with Crippen LogP contribution in [0.5, 0.6) is 0 Å². The lowest BCUT2D eigenvalue weighted by Crippen LogP contribution is -2.64. The summed E-state index contributed by atoms with van der Waals surface area (Å²) in [6.45, 7) is 5.44. The number of hydrogen-bond donors (Lipinski definition) is 3. The van der Waals surface area contributed by atoms with Gasteiger partial charge in [0.2, 0.25) is 17.6 Å². The summed E-state index contributed by atoms with van der Waals surface area (Å²) in [6, 6.07) is 5.24. The molecule has 3 atom stereocenters. The summed E-state index contributed by atoms with van der Waals surface area (Å²) in [6.07, 6.45) is 1.61. The fourth-order valence-electron chi connectivity index (χ4n) is 4.20. The van der Waals surface area contributed by atoms with E-state index in [2.05, 4.69) is 16.0 Å². The van der Waals surface area contributed by atoms with Gasteiger partial charge in [0.15, 0.2) is 5.78 Å². The van der Waals surface area contributed by atoms with Crippen molar-refractivity contribution < 1.29 is 24.0 Å². The third-order valence-electron chi connectivity index (χ3n) is 6.18. The highest BCUT2D eigenvalue weighted by Gasteiger charge is 2.43. The van der Waals surface area contributed by atoms with Gasteiger partial charge in [-0.1, -0.05) is 50.1 Å². The number of Topliss-reactive ketones (excluding diaryl/α,β-unsaturated/α-hetero) is 2. The van der Waals surface area contributed by atoms with Gasteiger partial charge in [-0.3, -0.25) is 24.1 Å². The molecular weight excluding hydrogens is 438 g/mol. The van der Waals surface area contributed by atoms with Gasteiger partial charge >= 0.3 is 6.03 Å². The van der Waals surface area contributed by atoms with Gasteiger partial charge < -0.3 is 20.9 Å². The van der Waals surface area contributed by atoms with E-state index >= 15 is 0 Å². The predicted octanol–water partition coefficient (Wildman–Crippen LogP) is 0.386. The lowest BCUT2D eigenvalue weighted by Gasteiger charge is -2.41. The molecule has 3 N–H and O–H groups in total. The number of nitrogens with zero attached hydrogens (tertiary/aromatic N) is 2. The maximum absolute atomic E-state index is 13.9. The Morgan fingerprint density at radius 1 is 1.15 bits per heavy atom. The first-order valence-corrected chi connectivity index (χ1v) is 11.8. The molecule has 0 spiro atoms. The highest BCUT2D eigenvalue weighted by molar-refractivity contribution is 6.38. The first kappa shape index (κ1) is 25.4. The van der Waals surface area contributed by atoms with Crippen molar-refractivity contribution in [3.8, 4) is 0 Å². The second-order valence-electron chi connectivity index (χ2n) is 8.62. The third-order valence-corrected chi connectivity index (χ3v) is 6.18. The van der Waals surface area contributed by atoms with E-state index in [0.717, 1.165) is 6.42 Å². The van der Waals surface area contributed by atoms with Crippen LogP contribution in [0, 0.1) is 0 Å². The number of β-lactam (4-membered cyclic amide) rings is 1. The quantitative estimate of drug-likeness (QED) is 0.335. The van der Waals surface area contributed by atoms with Gasteiger partial charge in [0, 0.05) is 39.6 Å². The van der Waals surface area contributed by atoms with Crippen LogP contribution in [0.25, 0.3) is 0 Å². The molecular formula is C24H33N5O5. The predicted molar refractivity (Wildman–Crippen MR) is 125 cm³/mol. The van der Waals surface area contributed by atoms with E-state index in [1.165, 1.54) is 11.8 Å². The lowest BCUT2D eigenvalue weighted by atomic mass is 9.95. The Labute approximate surface area is 199 Å². The zero-order valence-electron chi connectivity index (χ0n) is 19.7. The van der Waals surface area contributed by atoms with Crippen molar-refractivity contribution in [1.82, 2.24) is 25.8 Å². The van der Waals surface area contributed by atoms with Crippen LogP contribution in [0.3, 0.4) is 0 Å². The molecule has 1 aromatic rings. The molecule has 2 aliphatic rings. The van der Waals surface area contributed by atoms with Crippen molar-refractivity contribution in [3.63, 3.8) is 0 Å². The van der Waals surface area contributed by atoms with E-state index in [0.29, 0.717) is 44.7 Å². The van der Waals surface area contributed by atoms with Crippen molar-refractivity contribution in [2.75, 3.05) is 32.7 Å². The summed E-state index contributed by atoms with van der Waals surface area (Å²) in [7, 11) is 0. The summed E-state index contributed by atoms with van der Waals surface area (Å²) in [4.78, 5) is 67.5. The van der Waals surface area contributed by atoms with Crippen molar-refractivity contribution in [3.05, 3.63) is 35.9 Å². The number of piperazine rings is 1. The fourth-order valence-corrected chi connectivity index (χ4v) is 4.20. The molecule has 2 aliphatic heterocycles. The fraction of sp³-hybridized carbons (Fsp3) is 0.542. The standard InChI is InChI=1S/C24H33N5O5/c1-3-4-10-19(21(31)16(2)30)29(24(34)28-13-11-25-12-14-28)20(17-8-6-5-7-9-17)23(33)27-18-15-26-22(18)32/h5-9,18-20,25H,3-4,10-15H2,1-2H3,(H,26,32)(H,27,33). The van der Waals surface area contributed by atoms with Gasteiger partial charge in [0.1, 0.15) is 18.1 Å². The average Bonchev–Trinajstić information content (AvgIpc) is 2.86. The number of benzene rings is 1. The molecule has 0 bridgehead atoms. The zero-order valence-corrected chi connectivity index (χ0v) is 19.7. The maximum atomic E-state index is 13.9. The molecule has 1 aromatic carbocycles. The number of ketones is 2. The van der Waals surface area contributed by atoms with Crippen molar-refractivity contribution >= 4 is 29.4 Å². The number of hydrogen-bond acceptors (Lipinski definition) is 6. The molecule has 10 heteroatoms. The van der Waals surface area contributed by atoms with E-state index in [1.54, 1.807) is 35.2 Å². The van der Waals surface area contributed by atoms with Gasteiger partial charge in [-0.2, -0.15) is 0 Å². The number of urea groups is 1. The van der Waals surface area contributed by atoms with Crippen LogP contribution in [0.4, 0.5) is 4.79 Å². The molecule has 2 saturated heterocycles. The molecule has 3 rings (SSSR count). The van der Waals surface area contributed by atoms with Crippen molar-refractivity contribution in [2.24, 2.45) is 0 Å². The van der Waals surface area contributed by atoms with E-state index in [1.807, 2.05) is 6.92 Å². The van der Waals surface area contributed by atoms with E-state index in [-0.39, 0.29) is 12.3 Å². The molecule has 4 amide bonds. The van der Waals surface area contributed by atoms with E-state index < -0.39 is 41.6 Å². The smallest absolute Gasteiger partial charge is 0.321 e. The Kier molecular flexibility index (Phi) is 8.75. The average molecular weight is 472 g/mol. The maximum Gasteiger partial charge on any atom is 0.321 e. The van der Waals surface area contributed by atoms with Crippen LogP contribution in [0.15, 0.2) is 30.3 Å². The lowest BCUT2D eigenvalue weighted by molar-refractivity contribution is -0.141. The SMILES string of the molecule is CCCCC(C(=O)C(C)=O)N(C(=O)N1CCNCC1)C(C(=O)NC1CNC1=O)c1ccccc1. The first-order valence-electron chi connectivity index (χ1n) is 11.8. The minimum atomic E-state index is -1.18. The molecule has 2 fully saturated rings. The van der Waals surface area contributed by atoms with Crippen LogP contribution in [0.2, 0.25) is 0 Å². The Balaban J connectivity index is 2.07. The Morgan fingerprint density at radius 2 is 1.82 bits per heavy atom. The summed E-state index contributed by atoms with van der Waals surface area (Å²) in [5, 5.41) is 8.48. The van der Waals surface area contributed by atoms with Gasteiger partial charge in [-0.25, -0.2) is 4.79 Å². The van der Waals surface area contributed by atoms with Gasteiger partial charge in [0.25, 0.3) is 0 Å². The minimum absolute atomic E-state index is 0.257. The van der Waals surface area contributed by atoms with Gasteiger partial charge in [-0.05, 0) is 12.0 Å². The van der Waals surface area contributed by atoms with Crippen LogP contribution in [-0.2, 0) is 19.2 Å². The minimum Gasteiger partial charge on any atom is -0.352 e. The molecule has 3 unspecified atom stereocenters. The Hall–Kier alpha value is -3.27. The number of nitrogens with one attached hydrogen (secondary N) is 3. The van der Waals surface area contributed by atoms with E-state index in [4.69, 9.17) is 0 Å². The van der Waals surface area contributed by atoms with Gasteiger partial charge in [0.05, 0.1) is 0 Å². The van der Waals surface area contributed by atoms with Crippen LogP contribution >= 0.6 is 0 Å². The zero-order chi connectivity index (χ0) is 24.7. The van der Waals surface area contributed by atoms with Crippen molar-refractivity contribution in [1.29, 1.82) is 0 Å². The van der Waals surface area contributed by atoms with Crippen molar-refractivity contribution in [2.45, 2.75) is 51.2 Å². The number of amides is 4. The molecule has 10 nitrogen and oxygen atoms in total. The number of carbonyl (C=O) groups is 5. The highest BCUT2D eigenvalue weighted by Crippen LogP contribution is 2.28. The molecule has 184 valence electrons. The molecule has 0 radical (unpaired) electrons. The van der Waals surface area contributed by atoms with Gasteiger partial charge in [-0.15, -0.1) is 0 Å². The third kappa shape index (κ3) is 5.80. The molecule has 2 heterocycles. The number of carbonyl (C=O) groups excluding carboxylic acids is 5. The second-order valence-corrected chi connectivity index (χ2v) is 8.62. The Morgan fingerprint density at radius 3 is 2.35 bits per heavy atom. The molecule has 0 saturated carbocycles. The number of unbranched alkanes of at least 4 members (excludes halogenated alkanes) is 1. The summed E-state index contributed by atoms with van der Waals surface area (Å²) in [5.74, 6) is -2.23. The van der Waals surface area contributed by atoms with Crippen LogP contribution < -0.4 is 16.0 Å².